The van der Waals surface area contributed by atoms with Gasteiger partial charge in [0, 0.05) is 18.2 Å². The first-order valence-electron chi connectivity index (χ1n) is 8.32. The van der Waals surface area contributed by atoms with Crippen LogP contribution in [0.4, 0.5) is 0 Å². The van der Waals surface area contributed by atoms with E-state index in [1.165, 1.54) is 0 Å². The molecule has 0 amide bonds. The van der Waals surface area contributed by atoms with Gasteiger partial charge in [-0.25, -0.2) is 4.68 Å². The third-order valence-corrected chi connectivity index (χ3v) is 5.31. The molecule has 2 aliphatic heterocycles. The first kappa shape index (κ1) is 15.2. The third-order valence-electron chi connectivity index (χ3n) is 5.31. The van der Waals surface area contributed by atoms with Gasteiger partial charge in [-0.05, 0) is 52.1 Å². The molecule has 0 radical (unpaired) electrons. The van der Waals surface area contributed by atoms with E-state index in [-0.39, 0.29) is 24.5 Å². The van der Waals surface area contributed by atoms with Crippen LogP contribution in [-0.2, 0) is 14.0 Å². The molecule has 0 spiro atoms. The number of nitrogens with zero attached hydrogens (tertiary/aromatic N) is 2. The second kappa shape index (κ2) is 5.06. The Bertz CT molecular complexity index is 719. The summed E-state index contributed by atoms with van der Waals surface area (Å²) in [5.74, 6) is 0. The van der Waals surface area contributed by atoms with E-state index in [0.29, 0.717) is 0 Å². The summed E-state index contributed by atoms with van der Waals surface area (Å²) in [5, 5.41) is 5.75. The molecule has 4 rings (SSSR count). The Hall–Kier alpha value is -1.37. The zero-order chi connectivity index (χ0) is 16.2. The highest BCUT2D eigenvalue weighted by molar-refractivity contribution is 6.65. The van der Waals surface area contributed by atoms with Crippen LogP contribution in [0.3, 0.4) is 0 Å². The molecule has 5 nitrogen and oxygen atoms in total. The Morgan fingerprint density at radius 3 is 2.57 bits per heavy atom. The predicted molar refractivity (Wildman–Crippen MR) is 89.7 cm³/mol. The van der Waals surface area contributed by atoms with Crippen LogP contribution in [0, 0.1) is 0 Å². The number of rotatable bonds is 2. The van der Waals surface area contributed by atoms with E-state index in [1.807, 2.05) is 16.8 Å². The lowest BCUT2D eigenvalue weighted by molar-refractivity contribution is 0.00578. The van der Waals surface area contributed by atoms with E-state index < -0.39 is 0 Å². The lowest BCUT2D eigenvalue weighted by Crippen LogP contribution is -2.41. The van der Waals surface area contributed by atoms with Crippen molar-refractivity contribution in [3.8, 4) is 0 Å². The van der Waals surface area contributed by atoms with Crippen molar-refractivity contribution in [2.45, 2.75) is 58.0 Å². The lowest BCUT2D eigenvalue weighted by Gasteiger charge is -2.32. The highest BCUT2D eigenvalue weighted by Gasteiger charge is 2.52. The highest BCUT2D eigenvalue weighted by atomic mass is 16.7. The van der Waals surface area contributed by atoms with Crippen molar-refractivity contribution in [2.24, 2.45) is 0 Å². The summed E-state index contributed by atoms with van der Waals surface area (Å²) in [6, 6.07) is 6.09. The Balaban J connectivity index is 1.73. The Labute approximate surface area is 137 Å². The van der Waals surface area contributed by atoms with E-state index in [2.05, 4.69) is 45.1 Å². The normalized spacial score (nSPS) is 26.3. The molecule has 122 valence electrons. The van der Waals surface area contributed by atoms with Gasteiger partial charge in [-0.1, -0.05) is 12.1 Å². The molecule has 0 bridgehead atoms. The van der Waals surface area contributed by atoms with Crippen molar-refractivity contribution >= 4 is 23.5 Å². The summed E-state index contributed by atoms with van der Waals surface area (Å²) >= 11 is 0. The molecule has 1 aromatic carbocycles. The van der Waals surface area contributed by atoms with Crippen molar-refractivity contribution in [1.29, 1.82) is 0 Å². The smallest absolute Gasteiger partial charge is 0.399 e. The Kier molecular flexibility index (Phi) is 3.34. The highest BCUT2D eigenvalue weighted by Crippen LogP contribution is 2.37. The molecular formula is C17H23BN2O3. The minimum Gasteiger partial charge on any atom is -0.399 e. The lowest BCUT2D eigenvalue weighted by atomic mass is 9.77. The van der Waals surface area contributed by atoms with Crippen molar-refractivity contribution in [3.05, 3.63) is 24.4 Å². The number of hydrogen-bond acceptors (Lipinski definition) is 4. The van der Waals surface area contributed by atoms with Crippen LogP contribution < -0.4 is 5.46 Å². The molecular weight excluding hydrogens is 291 g/mol. The van der Waals surface area contributed by atoms with E-state index in [9.17, 15) is 0 Å². The Morgan fingerprint density at radius 2 is 1.91 bits per heavy atom. The van der Waals surface area contributed by atoms with E-state index >= 15 is 0 Å². The second-order valence-electron chi connectivity index (χ2n) is 7.45. The molecule has 0 aliphatic carbocycles. The maximum absolute atomic E-state index is 6.20. The van der Waals surface area contributed by atoms with Gasteiger partial charge < -0.3 is 14.0 Å². The maximum Gasteiger partial charge on any atom is 0.495 e. The standard InChI is InChI=1S/C17H23BN2O3/c1-16(2)17(3,4)23-18(22-16)13-7-5-8-14-12(13)11-20(19-14)15-9-6-10-21-15/h5,7-8,11,15H,6,9-10H2,1-4H3. The van der Waals surface area contributed by atoms with Crippen LogP contribution in [0.5, 0.6) is 0 Å². The van der Waals surface area contributed by atoms with Crippen LogP contribution in [0.2, 0.25) is 0 Å². The zero-order valence-corrected chi connectivity index (χ0v) is 14.2. The van der Waals surface area contributed by atoms with Crippen LogP contribution >= 0.6 is 0 Å². The van der Waals surface area contributed by atoms with Crippen molar-refractivity contribution < 1.29 is 14.0 Å². The second-order valence-corrected chi connectivity index (χ2v) is 7.45. The van der Waals surface area contributed by atoms with Gasteiger partial charge in [0.2, 0.25) is 0 Å². The topological polar surface area (TPSA) is 45.5 Å². The van der Waals surface area contributed by atoms with Crippen LogP contribution in [0.25, 0.3) is 10.9 Å². The molecule has 1 unspecified atom stereocenters. The molecule has 2 saturated heterocycles. The number of benzene rings is 1. The third kappa shape index (κ3) is 2.40. The molecule has 2 aliphatic rings. The number of fused-ring (bicyclic) bond motifs is 1. The van der Waals surface area contributed by atoms with Gasteiger partial charge in [0.15, 0.2) is 0 Å². The van der Waals surface area contributed by atoms with Crippen molar-refractivity contribution in [1.82, 2.24) is 9.78 Å². The fourth-order valence-corrected chi connectivity index (χ4v) is 3.18. The first-order chi connectivity index (χ1) is 10.9. The molecule has 0 N–H and O–H groups in total. The average molecular weight is 314 g/mol. The fourth-order valence-electron chi connectivity index (χ4n) is 3.18. The van der Waals surface area contributed by atoms with Crippen molar-refractivity contribution in [3.63, 3.8) is 0 Å². The largest absolute Gasteiger partial charge is 0.495 e. The van der Waals surface area contributed by atoms with Crippen LogP contribution in [0.1, 0.15) is 46.8 Å². The molecule has 0 saturated carbocycles. The molecule has 1 aromatic heterocycles. The Morgan fingerprint density at radius 1 is 1.17 bits per heavy atom. The minimum absolute atomic E-state index is 0.0496. The molecule has 6 heteroatoms. The van der Waals surface area contributed by atoms with Crippen LogP contribution in [-0.4, -0.2) is 34.7 Å². The van der Waals surface area contributed by atoms with Gasteiger partial charge in [0.05, 0.1) is 16.7 Å². The summed E-state index contributed by atoms with van der Waals surface area (Å²) in [6.45, 7) is 9.10. The quantitative estimate of drug-likeness (QED) is 0.800. The van der Waals surface area contributed by atoms with Gasteiger partial charge in [-0.2, -0.15) is 5.10 Å². The monoisotopic (exact) mass is 314 g/mol. The fraction of sp³-hybridized carbons (Fsp3) is 0.588. The molecule has 2 aromatic rings. The van der Waals surface area contributed by atoms with E-state index in [4.69, 9.17) is 14.0 Å². The number of ether oxygens (including phenoxy) is 1. The van der Waals surface area contributed by atoms with Gasteiger partial charge >= 0.3 is 7.12 Å². The molecule has 23 heavy (non-hydrogen) atoms. The summed E-state index contributed by atoms with van der Waals surface area (Å²) in [5.41, 5.74) is 1.30. The average Bonchev–Trinajstić information content (AvgIpc) is 3.17. The van der Waals surface area contributed by atoms with Crippen LogP contribution in [0.15, 0.2) is 24.4 Å². The van der Waals surface area contributed by atoms with Gasteiger partial charge in [-0.3, -0.25) is 0 Å². The first-order valence-corrected chi connectivity index (χ1v) is 8.32. The maximum atomic E-state index is 6.20. The van der Waals surface area contributed by atoms with Gasteiger partial charge in [-0.15, -0.1) is 0 Å². The summed E-state index contributed by atoms with van der Waals surface area (Å²) in [6.07, 6.45) is 4.21. The summed E-state index contributed by atoms with van der Waals surface area (Å²) in [7, 11) is -0.370. The number of aromatic nitrogens is 2. The SMILES string of the molecule is CC1(C)OB(c2cccc3nn(C4CCCO4)cc23)OC1(C)C. The molecule has 1 atom stereocenters. The summed E-state index contributed by atoms with van der Waals surface area (Å²) in [4.78, 5) is 0. The van der Waals surface area contributed by atoms with Gasteiger partial charge in [0.25, 0.3) is 0 Å². The predicted octanol–water partition coefficient (Wildman–Crippen LogP) is 2.64. The van der Waals surface area contributed by atoms with Gasteiger partial charge in [0.1, 0.15) is 6.23 Å². The van der Waals surface area contributed by atoms with Crippen molar-refractivity contribution in [2.75, 3.05) is 6.61 Å². The minimum atomic E-state index is -0.370. The molecule has 2 fully saturated rings. The number of hydrogen-bond donors (Lipinski definition) is 0. The molecule has 3 heterocycles. The summed E-state index contributed by atoms with van der Waals surface area (Å²) < 4.78 is 20.1. The zero-order valence-electron chi connectivity index (χ0n) is 14.2. The van der Waals surface area contributed by atoms with E-state index in [1.54, 1.807) is 0 Å². The van der Waals surface area contributed by atoms with E-state index in [0.717, 1.165) is 35.8 Å².